The second-order valence-electron chi connectivity index (χ2n) is 9.39. The van der Waals surface area contributed by atoms with Gasteiger partial charge in [0.05, 0.1) is 0 Å². The van der Waals surface area contributed by atoms with Gasteiger partial charge in [0.25, 0.3) is 0 Å². The Labute approximate surface area is 211 Å². The van der Waals surface area contributed by atoms with Gasteiger partial charge >= 0.3 is 0 Å². The van der Waals surface area contributed by atoms with Crippen LogP contribution in [0.25, 0.3) is 0 Å². The van der Waals surface area contributed by atoms with Gasteiger partial charge in [-0.05, 0) is 12.8 Å². The summed E-state index contributed by atoms with van der Waals surface area (Å²) >= 11 is 0. The molecular formula is C28H58HfO. The van der Waals surface area contributed by atoms with Crippen LogP contribution in [0, 0.1) is 0 Å². The Morgan fingerprint density at radius 1 is 0.300 bits per heavy atom. The smallest absolute Gasteiger partial charge is 0.0466 e. The molecule has 30 heavy (non-hydrogen) atoms. The summed E-state index contributed by atoms with van der Waals surface area (Å²) in [5.74, 6) is 0. The SMILES string of the molecule is CCCCCCCCCCCCCCOCCCCCCCCCCCCCC.[Hf]. The van der Waals surface area contributed by atoms with Crippen molar-refractivity contribution in [2.24, 2.45) is 0 Å². The van der Waals surface area contributed by atoms with Crippen LogP contribution < -0.4 is 0 Å². The van der Waals surface area contributed by atoms with Crippen molar-refractivity contribution in [3.05, 3.63) is 0 Å². The van der Waals surface area contributed by atoms with E-state index in [0.29, 0.717) is 0 Å². The molecule has 0 atom stereocenters. The van der Waals surface area contributed by atoms with E-state index < -0.39 is 0 Å². The third-order valence-corrected chi connectivity index (χ3v) is 6.28. The van der Waals surface area contributed by atoms with Crippen LogP contribution in [0.3, 0.4) is 0 Å². The predicted molar refractivity (Wildman–Crippen MR) is 133 cm³/mol. The molecule has 180 valence electrons. The number of hydrogen-bond acceptors (Lipinski definition) is 1. The Morgan fingerprint density at radius 3 is 0.733 bits per heavy atom. The van der Waals surface area contributed by atoms with E-state index in [1.807, 2.05) is 0 Å². The third kappa shape index (κ3) is 31.0. The van der Waals surface area contributed by atoms with Crippen LogP contribution in [0.2, 0.25) is 0 Å². The van der Waals surface area contributed by atoms with Crippen LogP contribution in [0.5, 0.6) is 0 Å². The summed E-state index contributed by atoms with van der Waals surface area (Å²) in [6.07, 6.45) is 34.1. The summed E-state index contributed by atoms with van der Waals surface area (Å²) < 4.78 is 5.82. The molecule has 0 fully saturated rings. The number of hydrogen-bond donors (Lipinski definition) is 0. The average molecular weight is 589 g/mol. The Morgan fingerprint density at radius 2 is 0.500 bits per heavy atom. The molecule has 0 aromatic heterocycles. The van der Waals surface area contributed by atoms with Gasteiger partial charge in [0, 0.05) is 39.1 Å². The summed E-state index contributed by atoms with van der Waals surface area (Å²) in [6, 6.07) is 0. The first-order valence-electron chi connectivity index (χ1n) is 14.0. The van der Waals surface area contributed by atoms with Gasteiger partial charge in [0.1, 0.15) is 0 Å². The van der Waals surface area contributed by atoms with E-state index >= 15 is 0 Å². The molecule has 0 bridgehead atoms. The zero-order valence-electron chi connectivity index (χ0n) is 21.3. The van der Waals surface area contributed by atoms with Gasteiger partial charge in [-0.1, -0.05) is 155 Å². The monoisotopic (exact) mass is 590 g/mol. The van der Waals surface area contributed by atoms with Crippen molar-refractivity contribution in [1.29, 1.82) is 0 Å². The minimum atomic E-state index is 0. The summed E-state index contributed by atoms with van der Waals surface area (Å²) in [5.41, 5.74) is 0. The van der Waals surface area contributed by atoms with Gasteiger partial charge in [0.2, 0.25) is 0 Å². The molecular weight excluding hydrogens is 531 g/mol. The van der Waals surface area contributed by atoms with E-state index in [0.717, 1.165) is 13.2 Å². The topological polar surface area (TPSA) is 9.23 Å². The summed E-state index contributed by atoms with van der Waals surface area (Å²) in [6.45, 7) is 6.58. The first-order valence-corrected chi connectivity index (χ1v) is 14.0. The summed E-state index contributed by atoms with van der Waals surface area (Å²) in [4.78, 5) is 0. The van der Waals surface area contributed by atoms with Gasteiger partial charge in [-0.3, -0.25) is 0 Å². The van der Waals surface area contributed by atoms with E-state index in [-0.39, 0.29) is 25.8 Å². The van der Waals surface area contributed by atoms with Crippen molar-refractivity contribution in [2.75, 3.05) is 13.2 Å². The van der Waals surface area contributed by atoms with E-state index in [9.17, 15) is 0 Å². The number of rotatable bonds is 26. The van der Waals surface area contributed by atoms with Crippen LogP contribution in [0.1, 0.15) is 168 Å². The van der Waals surface area contributed by atoms with E-state index in [1.54, 1.807) is 0 Å². The second-order valence-corrected chi connectivity index (χ2v) is 9.39. The standard InChI is InChI=1S/C28H58O.Hf/c1-3-5-7-9-11-13-15-17-19-21-23-25-27-29-28-26-24-22-20-18-16-14-12-10-8-6-4-2;/h3-28H2,1-2H3;. The van der Waals surface area contributed by atoms with E-state index in [1.165, 1.54) is 154 Å². The maximum absolute atomic E-state index is 5.82. The fraction of sp³-hybridized carbons (Fsp3) is 1.00. The average Bonchev–Trinajstić information content (AvgIpc) is 2.74. The maximum Gasteiger partial charge on any atom is 0.0466 e. The molecule has 0 saturated carbocycles. The van der Waals surface area contributed by atoms with Gasteiger partial charge < -0.3 is 4.74 Å². The van der Waals surface area contributed by atoms with Crippen molar-refractivity contribution >= 4 is 0 Å². The molecule has 0 N–H and O–H groups in total. The zero-order chi connectivity index (χ0) is 21.1. The normalized spacial score (nSPS) is 11.0. The minimum Gasteiger partial charge on any atom is -0.381 e. The molecule has 0 aliphatic heterocycles. The van der Waals surface area contributed by atoms with Gasteiger partial charge in [-0.25, -0.2) is 0 Å². The molecule has 0 radical (unpaired) electrons. The zero-order valence-corrected chi connectivity index (χ0v) is 24.9. The van der Waals surface area contributed by atoms with Crippen LogP contribution in [-0.4, -0.2) is 13.2 Å². The molecule has 1 nitrogen and oxygen atoms in total. The third-order valence-electron chi connectivity index (χ3n) is 6.28. The van der Waals surface area contributed by atoms with Gasteiger partial charge in [-0.15, -0.1) is 0 Å². The summed E-state index contributed by atoms with van der Waals surface area (Å²) in [5, 5.41) is 0. The fourth-order valence-corrected chi connectivity index (χ4v) is 4.19. The quantitative estimate of drug-likeness (QED) is 0.0721. The van der Waals surface area contributed by atoms with Crippen LogP contribution in [-0.2, 0) is 30.6 Å². The fourth-order valence-electron chi connectivity index (χ4n) is 4.19. The predicted octanol–water partition coefficient (Wildman–Crippen LogP) is 10.4. The number of ether oxygens (including phenoxy) is 1. The molecule has 0 rings (SSSR count). The van der Waals surface area contributed by atoms with Crippen LogP contribution in [0.4, 0.5) is 0 Å². The van der Waals surface area contributed by atoms with Gasteiger partial charge in [0.15, 0.2) is 0 Å². The largest absolute Gasteiger partial charge is 0.381 e. The second kappa shape index (κ2) is 32.0. The molecule has 0 unspecified atom stereocenters. The molecule has 0 aromatic carbocycles. The molecule has 0 spiro atoms. The number of unbranched alkanes of at least 4 members (excludes halogenated alkanes) is 22. The Hall–Kier alpha value is 0.830. The first kappa shape index (κ1) is 33.0. The van der Waals surface area contributed by atoms with Crippen molar-refractivity contribution in [1.82, 2.24) is 0 Å². The first-order chi connectivity index (χ1) is 14.4. The van der Waals surface area contributed by atoms with Gasteiger partial charge in [-0.2, -0.15) is 0 Å². The molecule has 0 aromatic rings. The van der Waals surface area contributed by atoms with E-state index in [4.69, 9.17) is 4.74 Å². The van der Waals surface area contributed by atoms with Crippen LogP contribution in [0.15, 0.2) is 0 Å². The molecule has 0 aliphatic carbocycles. The molecule has 0 amide bonds. The molecule has 0 saturated heterocycles. The molecule has 0 heterocycles. The molecule has 0 aliphatic rings. The van der Waals surface area contributed by atoms with Crippen molar-refractivity contribution in [2.45, 2.75) is 168 Å². The van der Waals surface area contributed by atoms with E-state index in [2.05, 4.69) is 13.8 Å². The van der Waals surface area contributed by atoms with Crippen molar-refractivity contribution in [3.8, 4) is 0 Å². The Balaban J connectivity index is 0. The van der Waals surface area contributed by atoms with Crippen molar-refractivity contribution in [3.63, 3.8) is 0 Å². The Kier molecular flexibility index (Phi) is 35.2. The van der Waals surface area contributed by atoms with Crippen LogP contribution >= 0.6 is 0 Å². The maximum atomic E-state index is 5.82. The Bertz CT molecular complexity index is 243. The molecule has 2 heteroatoms. The van der Waals surface area contributed by atoms with Crippen molar-refractivity contribution < 1.29 is 30.6 Å². The minimum absolute atomic E-state index is 0. The summed E-state index contributed by atoms with van der Waals surface area (Å²) in [7, 11) is 0.